The number of benzene rings is 1. The largest absolute Gasteiger partial charge is 0.433 e. The van der Waals surface area contributed by atoms with E-state index >= 15 is 0 Å². The summed E-state index contributed by atoms with van der Waals surface area (Å²) in [7, 11) is 0. The number of halogens is 3. The van der Waals surface area contributed by atoms with E-state index < -0.39 is 23.8 Å². The summed E-state index contributed by atoms with van der Waals surface area (Å²) in [5.41, 5.74) is 2.46. The number of pyridine rings is 2. The maximum absolute atomic E-state index is 13.0. The lowest BCUT2D eigenvalue weighted by molar-refractivity contribution is -0.141. The van der Waals surface area contributed by atoms with Gasteiger partial charge < -0.3 is 15.0 Å². The molecule has 5 rings (SSSR count). The normalized spacial score (nSPS) is 17.3. The van der Waals surface area contributed by atoms with Gasteiger partial charge in [0.1, 0.15) is 11.7 Å². The van der Waals surface area contributed by atoms with Crippen LogP contribution in [0, 0.1) is 6.92 Å². The van der Waals surface area contributed by atoms with E-state index in [9.17, 15) is 22.8 Å². The van der Waals surface area contributed by atoms with Crippen molar-refractivity contribution in [1.82, 2.24) is 9.97 Å². The van der Waals surface area contributed by atoms with E-state index in [0.717, 1.165) is 34.6 Å². The summed E-state index contributed by atoms with van der Waals surface area (Å²) < 4.78 is 44.6. The minimum Gasteiger partial charge on any atom is -0.377 e. The topological polar surface area (TPSA) is 87.7 Å². The number of fused-ring (bicyclic) bond motifs is 3. The van der Waals surface area contributed by atoms with Gasteiger partial charge in [-0.1, -0.05) is 6.07 Å². The minimum atomic E-state index is -4.65. The lowest BCUT2D eigenvalue weighted by atomic mass is 9.99. The van der Waals surface area contributed by atoms with Crippen LogP contribution in [0.1, 0.15) is 28.5 Å². The quantitative estimate of drug-likeness (QED) is 0.562. The van der Waals surface area contributed by atoms with Crippen molar-refractivity contribution in [2.24, 2.45) is 0 Å². The number of hydrogen-bond donors (Lipinski definition) is 1. The first-order chi connectivity index (χ1) is 17.7. The smallest absolute Gasteiger partial charge is 0.377 e. The summed E-state index contributed by atoms with van der Waals surface area (Å²) in [6, 6.07) is 8.77. The van der Waals surface area contributed by atoms with E-state index in [1.165, 1.54) is 6.07 Å². The number of carbonyl (C=O) groups is 2. The predicted octanol–water partition coefficient (Wildman–Crippen LogP) is 4.29. The third-order valence-electron chi connectivity index (χ3n) is 6.53. The number of alkyl halides is 3. The number of carbonyl (C=O) groups excluding carboxylic acids is 2. The molecule has 1 N–H and O–H groups in total. The summed E-state index contributed by atoms with van der Waals surface area (Å²) >= 11 is 0. The molecule has 3 aromatic rings. The zero-order valence-corrected chi connectivity index (χ0v) is 20.2. The van der Waals surface area contributed by atoms with Gasteiger partial charge in [0, 0.05) is 42.3 Å². The third-order valence-corrected chi connectivity index (χ3v) is 6.53. The molecule has 0 radical (unpaired) electrons. The van der Waals surface area contributed by atoms with E-state index in [4.69, 9.17) is 4.74 Å². The molecule has 11 heteroatoms. The van der Waals surface area contributed by atoms with Gasteiger partial charge in [-0.15, -0.1) is 0 Å². The van der Waals surface area contributed by atoms with Gasteiger partial charge >= 0.3 is 6.18 Å². The average molecular weight is 512 g/mol. The molecule has 1 unspecified atom stereocenters. The average Bonchev–Trinajstić information content (AvgIpc) is 2.89. The van der Waals surface area contributed by atoms with E-state index in [1.807, 2.05) is 30.9 Å². The van der Waals surface area contributed by atoms with Crippen LogP contribution in [0.2, 0.25) is 0 Å². The standard InChI is InChI=1S/C26H24F3N5O3/c1-3-33-23-20(34-8-9-37-14-21(34)25(33)36)10-17(13-31-23)19-12-18(5-4-15(19)2)32-24(35)16-6-7-30-22(11-16)26(27,28)29/h4-7,10-13,21H,3,8-9,14H2,1-2H3,(H,32,35). The Morgan fingerprint density at radius 1 is 1.19 bits per heavy atom. The molecular weight excluding hydrogens is 487 g/mol. The molecule has 4 heterocycles. The fraction of sp³-hybridized carbons (Fsp3) is 0.308. The van der Waals surface area contributed by atoms with Gasteiger partial charge in [-0.3, -0.25) is 19.5 Å². The van der Waals surface area contributed by atoms with Gasteiger partial charge in [0.15, 0.2) is 5.82 Å². The molecule has 1 saturated heterocycles. The van der Waals surface area contributed by atoms with E-state index in [-0.39, 0.29) is 11.5 Å². The number of rotatable bonds is 4. The van der Waals surface area contributed by atoms with Gasteiger partial charge in [0.25, 0.3) is 11.8 Å². The maximum atomic E-state index is 13.0. The molecule has 1 atom stereocenters. The van der Waals surface area contributed by atoms with Gasteiger partial charge in [0.2, 0.25) is 0 Å². The van der Waals surface area contributed by atoms with Crippen LogP contribution in [0.25, 0.3) is 11.1 Å². The fourth-order valence-corrected chi connectivity index (χ4v) is 4.64. The highest BCUT2D eigenvalue weighted by Crippen LogP contribution is 2.39. The molecule has 8 nitrogen and oxygen atoms in total. The number of aryl methyl sites for hydroxylation is 1. The monoisotopic (exact) mass is 511 g/mol. The molecule has 0 saturated carbocycles. The first-order valence-electron chi connectivity index (χ1n) is 11.8. The summed E-state index contributed by atoms with van der Waals surface area (Å²) in [6.45, 7) is 5.67. The second kappa shape index (κ2) is 9.47. The maximum Gasteiger partial charge on any atom is 0.433 e. The second-order valence-corrected chi connectivity index (χ2v) is 8.84. The van der Waals surface area contributed by atoms with Crippen LogP contribution in [0.5, 0.6) is 0 Å². The van der Waals surface area contributed by atoms with Crippen molar-refractivity contribution in [3.63, 3.8) is 0 Å². The SMILES string of the molecule is CCN1C(=O)C2COCCN2c2cc(-c3cc(NC(=O)c4ccnc(C(F)(F)F)c4)ccc3C)cnc21. The number of aromatic nitrogens is 2. The number of nitrogens with one attached hydrogen (secondary N) is 1. The molecular formula is C26H24F3N5O3. The minimum absolute atomic E-state index is 0.0411. The highest BCUT2D eigenvalue weighted by Gasteiger charge is 2.40. The number of ether oxygens (including phenoxy) is 1. The Morgan fingerprint density at radius 3 is 2.76 bits per heavy atom. The Balaban J connectivity index is 1.47. The van der Waals surface area contributed by atoms with Gasteiger partial charge in [0.05, 0.1) is 18.9 Å². The summed E-state index contributed by atoms with van der Waals surface area (Å²) in [5, 5.41) is 2.67. The predicted molar refractivity (Wildman–Crippen MR) is 132 cm³/mol. The van der Waals surface area contributed by atoms with Crippen molar-refractivity contribution >= 4 is 29.0 Å². The Bertz CT molecular complexity index is 1380. The number of morpholine rings is 1. The van der Waals surface area contributed by atoms with E-state index in [2.05, 4.69) is 15.3 Å². The lowest BCUT2D eigenvalue weighted by Gasteiger charge is -2.44. The second-order valence-electron chi connectivity index (χ2n) is 8.84. The molecule has 37 heavy (non-hydrogen) atoms. The molecule has 0 bridgehead atoms. The van der Waals surface area contributed by atoms with Crippen LogP contribution < -0.4 is 15.1 Å². The summed E-state index contributed by atoms with van der Waals surface area (Å²) in [5.74, 6) is -0.130. The zero-order chi connectivity index (χ0) is 26.3. The van der Waals surface area contributed by atoms with Gasteiger partial charge in [-0.2, -0.15) is 13.2 Å². The Kier molecular flexibility index (Phi) is 6.32. The zero-order valence-electron chi connectivity index (χ0n) is 20.2. The molecule has 2 aromatic heterocycles. The van der Waals surface area contributed by atoms with E-state index in [1.54, 1.807) is 23.2 Å². The molecule has 0 spiro atoms. The number of likely N-dealkylation sites (N-methyl/N-ethyl adjacent to an activating group) is 1. The number of amides is 2. The Morgan fingerprint density at radius 2 is 2.00 bits per heavy atom. The molecule has 2 amide bonds. The van der Waals surface area contributed by atoms with Crippen LogP contribution in [0.4, 0.5) is 30.4 Å². The van der Waals surface area contributed by atoms with Crippen molar-refractivity contribution in [2.45, 2.75) is 26.1 Å². The van der Waals surface area contributed by atoms with Gasteiger partial charge in [-0.25, -0.2) is 4.98 Å². The number of anilines is 3. The molecule has 0 aliphatic carbocycles. The first kappa shape index (κ1) is 24.7. The van der Waals surface area contributed by atoms with Crippen LogP contribution in [0.3, 0.4) is 0 Å². The Hall–Kier alpha value is -3.99. The number of nitrogens with zero attached hydrogens (tertiary/aromatic N) is 4. The highest BCUT2D eigenvalue weighted by molar-refractivity contribution is 6.06. The van der Waals surface area contributed by atoms with Crippen LogP contribution in [0.15, 0.2) is 48.8 Å². The summed E-state index contributed by atoms with van der Waals surface area (Å²) in [4.78, 5) is 37.3. The van der Waals surface area contributed by atoms with Crippen molar-refractivity contribution < 1.29 is 27.5 Å². The molecule has 192 valence electrons. The van der Waals surface area contributed by atoms with Crippen LogP contribution >= 0.6 is 0 Å². The number of hydrogen-bond acceptors (Lipinski definition) is 6. The van der Waals surface area contributed by atoms with E-state index in [0.29, 0.717) is 37.8 Å². The lowest BCUT2D eigenvalue weighted by Crippen LogP contribution is -2.59. The third kappa shape index (κ3) is 4.62. The molecule has 2 aliphatic heterocycles. The van der Waals surface area contributed by atoms with Crippen molar-refractivity contribution in [3.05, 3.63) is 65.6 Å². The van der Waals surface area contributed by atoms with Crippen molar-refractivity contribution in [2.75, 3.05) is 41.4 Å². The first-order valence-corrected chi connectivity index (χ1v) is 11.8. The molecule has 1 aromatic carbocycles. The fourth-order valence-electron chi connectivity index (χ4n) is 4.64. The Labute approximate surface area is 211 Å². The van der Waals surface area contributed by atoms with Gasteiger partial charge in [-0.05, 0) is 55.3 Å². The molecule has 1 fully saturated rings. The highest BCUT2D eigenvalue weighted by atomic mass is 19.4. The van der Waals surface area contributed by atoms with Crippen molar-refractivity contribution in [3.8, 4) is 11.1 Å². The van der Waals surface area contributed by atoms with Crippen LogP contribution in [-0.4, -0.2) is 54.1 Å². The van der Waals surface area contributed by atoms with Crippen molar-refractivity contribution in [1.29, 1.82) is 0 Å². The molecule has 2 aliphatic rings. The van der Waals surface area contributed by atoms with Crippen LogP contribution in [-0.2, 0) is 15.7 Å². The summed E-state index contributed by atoms with van der Waals surface area (Å²) in [6.07, 6.45) is -2.01.